The number of nitrogens with one attached hydrogen (secondary N) is 1. The average molecular weight is 831 g/mol. The van der Waals surface area contributed by atoms with Gasteiger partial charge in [-0.2, -0.15) is 13.5 Å². The summed E-state index contributed by atoms with van der Waals surface area (Å²) in [5.41, 5.74) is 0.875. The Bertz CT molecular complexity index is 2320. The summed E-state index contributed by atoms with van der Waals surface area (Å²) in [6, 6.07) is 14.4. The first-order valence-electron chi connectivity index (χ1n) is 15.5. The number of sulfonamides is 1. The number of carbonyl (C=O) groups is 1. The molecule has 0 bridgehead atoms. The Morgan fingerprint density at radius 3 is 2.30 bits per heavy atom. The Labute approximate surface area is 322 Å². The van der Waals surface area contributed by atoms with Gasteiger partial charge in [0.1, 0.15) is 23.9 Å². The van der Waals surface area contributed by atoms with Crippen LogP contribution in [0, 0.1) is 6.92 Å². The minimum atomic E-state index is -3.65. The van der Waals surface area contributed by atoms with Gasteiger partial charge in [0.05, 0.1) is 50.6 Å². The van der Waals surface area contributed by atoms with Crippen LogP contribution in [0.5, 0.6) is 17.4 Å². The standard InChI is InChI=1S/C22H22ClN3O5.C11H10Cl2F2N4O3S/c1-14(2)26-29-11-10-28-22(27)15(3)30-17-5-7-18(8-6-17)31-21-13-24-20-12-16(23)4-9-19(20)25-21;1-5-16-19(11(20)18(5)10(14)15)9-4-8(17-23(2,21)22)6(12)3-7(9)13/h4-9,12-13,15H,10-11H2,1-3H3;3-4,10,17H,1-2H3/t15-;/m1./s1. The van der Waals surface area contributed by atoms with Gasteiger partial charge in [-0.1, -0.05) is 40.0 Å². The molecular weight excluding hydrogens is 799 g/mol. The van der Waals surface area contributed by atoms with Crippen LogP contribution in [0.2, 0.25) is 15.1 Å². The summed E-state index contributed by atoms with van der Waals surface area (Å²) < 4.78 is 67.7. The van der Waals surface area contributed by atoms with E-state index in [1.807, 2.05) is 13.8 Å². The third kappa shape index (κ3) is 11.7. The predicted octanol–water partition coefficient (Wildman–Crippen LogP) is 7.21. The Balaban J connectivity index is 0.000000252. The number of aromatic nitrogens is 5. The van der Waals surface area contributed by atoms with Gasteiger partial charge in [-0.05, 0) is 82.3 Å². The first-order chi connectivity index (χ1) is 25.4. The van der Waals surface area contributed by atoms with Crippen molar-refractivity contribution >= 4 is 73.2 Å². The summed E-state index contributed by atoms with van der Waals surface area (Å²) in [5.74, 6) is 0.680. The number of hydrogen-bond acceptors (Lipinski definition) is 12. The number of rotatable bonds is 13. The van der Waals surface area contributed by atoms with Gasteiger partial charge >= 0.3 is 18.2 Å². The van der Waals surface area contributed by atoms with Crippen molar-refractivity contribution in [3.63, 3.8) is 0 Å². The molecular formula is C33H32Cl3F2N7O8S. The van der Waals surface area contributed by atoms with Crippen molar-refractivity contribution in [1.82, 2.24) is 24.3 Å². The lowest BCUT2D eigenvalue weighted by Gasteiger charge is -2.14. The van der Waals surface area contributed by atoms with E-state index in [-0.39, 0.29) is 45.0 Å². The summed E-state index contributed by atoms with van der Waals surface area (Å²) in [6.45, 7) is 3.65. The third-order valence-corrected chi connectivity index (χ3v) is 8.02. The van der Waals surface area contributed by atoms with Crippen molar-refractivity contribution in [2.75, 3.05) is 24.2 Å². The average Bonchev–Trinajstić information content (AvgIpc) is 3.39. The predicted molar refractivity (Wildman–Crippen MR) is 199 cm³/mol. The quantitative estimate of drug-likeness (QED) is 0.0549. The number of anilines is 1. The van der Waals surface area contributed by atoms with E-state index < -0.39 is 34.3 Å². The van der Waals surface area contributed by atoms with Crippen LogP contribution in [0.3, 0.4) is 0 Å². The number of alkyl halides is 2. The molecule has 288 valence electrons. The van der Waals surface area contributed by atoms with Gasteiger partial charge in [-0.3, -0.25) is 4.72 Å². The molecule has 0 fully saturated rings. The second-order valence-electron chi connectivity index (χ2n) is 11.3. The fourth-order valence-electron chi connectivity index (χ4n) is 4.28. The van der Waals surface area contributed by atoms with Crippen LogP contribution in [-0.2, 0) is 24.4 Å². The Kier molecular flexibility index (Phi) is 14.2. The summed E-state index contributed by atoms with van der Waals surface area (Å²) in [4.78, 5) is 37.7. The fourth-order valence-corrected chi connectivity index (χ4v) is 5.58. The SMILES string of the molecule is CC(C)=NOCCOC(=O)[C@@H](C)Oc1ccc(Oc2cnc3cc(Cl)ccc3n2)cc1.Cc1nn(-c2cc(NS(C)(=O)=O)c(Cl)cc2Cl)c(=O)n1C(F)F. The fraction of sp³-hybridized carbons (Fsp3) is 0.273. The minimum Gasteiger partial charge on any atom is -0.479 e. The van der Waals surface area contributed by atoms with Crippen LogP contribution in [0.4, 0.5) is 14.5 Å². The molecule has 2 aromatic heterocycles. The highest BCUT2D eigenvalue weighted by atomic mass is 35.5. The molecule has 15 nitrogen and oxygen atoms in total. The second-order valence-corrected chi connectivity index (χ2v) is 14.3. The lowest BCUT2D eigenvalue weighted by molar-refractivity contribution is -0.152. The third-order valence-electron chi connectivity index (χ3n) is 6.58. The minimum absolute atomic E-state index is 0.0257. The highest BCUT2D eigenvalue weighted by Crippen LogP contribution is 2.32. The van der Waals surface area contributed by atoms with Crippen LogP contribution in [0.1, 0.15) is 33.1 Å². The Morgan fingerprint density at radius 1 is 0.981 bits per heavy atom. The topological polar surface area (TPSA) is 178 Å². The molecule has 0 spiro atoms. The molecule has 21 heteroatoms. The number of hydrogen-bond donors (Lipinski definition) is 1. The van der Waals surface area contributed by atoms with Crippen LogP contribution < -0.4 is 19.9 Å². The molecule has 5 rings (SSSR count). The number of benzene rings is 3. The molecule has 3 aromatic carbocycles. The molecule has 0 aliphatic rings. The molecule has 2 heterocycles. The Hall–Kier alpha value is -5.04. The van der Waals surface area contributed by atoms with E-state index in [1.54, 1.807) is 49.4 Å². The smallest absolute Gasteiger partial charge is 0.355 e. The van der Waals surface area contributed by atoms with Crippen molar-refractivity contribution in [1.29, 1.82) is 0 Å². The number of nitrogens with zero attached hydrogens (tertiary/aromatic N) is 6. The van der Waals surface area contributed by atoms with Crippen LogP contribution in [-0.4, -0.2) is 70.0 Å². The van der Waals surface area contributed by atoms with Crippen molar-refractivity contribution in [2.24, 2.45) is 5.16 Å². The van der Waals surface area contributed by atoms with E-state index in [0.717, 1.165) is 18.0 Å². The zero-order valence-corrected chi connectivity index (χ0v) is 32.2. The normalized spacial score (nSPS) is 11.7. The van der Waals surface area contributed by atoms with Crippen LogP contribution in [0.25, 0.3) is 16.7 Å². The molecule has 1 atom stereocenters. The maximum Gasteiger partial charge on any atom is 0.355 e. The molecule has 0 aliphatic heterocycles. The highest BCUT2D eigenvalue weighted by Gasteiger charge is 2.21. The van der Waals surface area contributed by atoms with E-state index >= 15 is 0 Å². The van der Waals surface area contributed by atoms with Crippen LogP contribution in [0.15, 0.2) is 70.7 Å². The summed E-state index contributed by atoms with van der Waals surface area (Å²) in [6.07, 6.45) is 1.65. The van der Waals surface area contributed by atoms with Gasteiger partial charge in [-0.25, -0.2) is 32.5 Å². The second kappa shape index (κ2) is 18.3. The summed E-state index contributed by atoms with van der Waals surface area (Å²) >= 11 is 17.8. The highest BCUT2D eigenvalue weighted by molar-refractivity contribution is 7.92. The van der Waals surface area contributed by atoms with Gasteiger partial charge < -0.3 is 19.0 Å². The van der Waals surface area contributed by atoms with Crippen molar-refractivity contribution in [3.8, 4) is 23.1 Å². The van der Waals surface area contributed by atoms with Gasteiger partial charge in [-0.15, -0.1) is 5.10 Å². The number of carbonyl (C=O) groups excluding carboxylic acids is 1. The maximum atomic E-state index is 12.8. The van der Waals surface area contributed by atoms with Crippen molar-refractivity contribution in [2.45, 2.75) is 40.3 Å². The van der Waals surface area contributed by atoms with E-state index in [1.165, 1.54) is 19.2 Å². The van der Waals surface area contributed by atoms with E-state index in [2.05, 4.69) is 24.9 Å². The molecule has 0 unspecified atom stereocenters. The molecule has 0 saturated carbocycles. The monoisotopic (exact) mass is 829 g/mol. The number of esters is 1. The first-order valence-corrected chi connectivity index (χ1v) is 18.5. The summed E-state index contributed by atoms with van der Waals surface area (Å²) in [7, 11) is -3.65. The van der Waals surface area contributed by atoms with Crippen molar-refractivity contribution in [3.05, 3.63) is 92.2 Å². The molecule has 0 radical (unpaired) electrons. The zero-order chi connectivity index (χ0) is 39.7. The molecule has 5 aromatic rings. The number of halogens is 5. The summed E-state index contributed by atoms with van der Waals surface area (Å²) in [5, 5.41) is 7.98. The van der Waals surface area contributed by atoms with Crippen LogP contribution >= 0.6 is 34.8 Å². The number of fused-ring (bicyclic) bond motifs is 1. The number of aryl methyl sites for hydroxylation is 1. The lowest BCUT2D eigenvalue weighted by atomic mass is 10.3. The maximum absolute atomic E-state index is 12.8. The van der Waals surface area contributed by atoms with Gasteiger partial charge in [0.25, 0.3) is 0 Å². The number of oxime groups is 1. The molecule has 0 saturated heterocycles. The first kappa shape index (κ1) is 41.7. The lowest BCUT2D eigenvalue weighted by Crippen LogP contribution is -2.27. The van der Waals surface area contributed by atoms with E-state index in [9.17, 15) is 26.8 Å². The molecule has 0 amide bonds. The number of ether oxygens (including phenoxy) is 3. The van der Waals surface area contributed by atoms with Gasteiger partial charge in [0.15, 0.2) is 12.7 Å². The molecule has 0 aliphatic carbocycles. The molecule has 54 heavy (non-hydrogen) atoms. The van der Waals surface area contributed by atoms with Crippen molar-refractivity contribution < 1.29 is 41.0 Å². The largest absolute Gasteiger partial charge is 0.479 e. The molecule has 1 N–H and O–H groups in total. The van der Waals surface area contributed by atoms with E-state index in [0.29, 0.717) is 38.1 Å². The Morgan fingerprint density at radius 2 is 1.67 bits per heavy atom. The van der Waals surface area contributed by atoms with Gasteiger partial charge in [0, 0.05) is 5.02 Å². The van der Waals surface area contributed by atoms with Gasteiger partial charge in [0.2, 0.25) is 15.9 Å². The zero-order valence-electron chi connectivity index (χ0n) is 29.1. The van der Waals surface area contributed by atoms with E-state index in [4.69, 9.17) is 53.9 Å².